The molecule has 6 heteroatoms. The first-order valence-electron chi connectivity index (χ1n) is 6.83. The number of ether oxygens (including phenoxy) is 1. The summed E-state index contributed by atoms with van der Waals surface area (Å²) in [6, 6.07) is 1.72. The van der Waals surface area contributed by atoms with Gasteiger partial charge in [-0.2, -0.15) is 5.10 Å². The zero-order valence-corrected chi connectivity index (χ0v) is 11.2. The first-order valence-corrected chi connectivity index (χ1v) is 6.83. The van der Waals surface area contributed by atoms with Gasteiger partial charge in [0.05, 0.1) is 12.7 Å². The summed E-state index contributed by atoms with van der Waals surface area (Å²) in [5.41, 5.74) is 0.559. The number of hydrogen-bond donors (Lipinski definition) is 1. The maximum Gasteiger partial charge on any atom is 0.271 e. The number of hydrogen-bond acceptors (Lipinski definition) is 4. The van der Waals surface area contributed by atoms with E-state index >= 15 is 0 Å². The second kappa shape index (κ2) is 5.30. The Morgan fingerprint density at radius 2 is 2.37 bits per heavy atom. The molecule has 2 saturated heterocycles. The summed E-state index contributed by atoms with van der Waals surface area (Å²) in [5.74, 6) is 0.565. The monoisotopic (exact) mass is 264 g/mol. The molecular formula is C13H20N4O2. The van der Waals surface area contributed by atoms with Crippen molar-refractivity contribution in [2.45, 2.75) is 12.5 Å². The minimum atomic E-state index is 0.0251. The van der Waals surface area contributed by atoms with Gasteiger partial charge in [-0.25, -0.2) is 0 Å². The number of carbonyl (C=O) groups excluding carboxylic acids is 1. The Labute approximate surface area is 112 Å². The zero-order valence-electron chi connectivity index (χ0n) is 11.2. The molecule has 3 heterocycles. The van der Waals surface area contributed by atoms with E-state index in [1.54, 1.807) is 12.3 Å². The molecule has 0 saturated carbocycles. The summed E-state index contributed by atoms with van der Waals surface area (Å²) in [6.07, 6.45) is 2.79. The minimum absolute atomic E-state index is 0.0251. The lowest BCUT2D eigenvalue weighted by atomic mass is 9.93. The van der Waals surface area contributed by atoms with E-state index < -0.39 is 0 Å². The Balaban J connectivity index is 1.67. The molecule has 3 rings (SSSR count). The molecule has 0 aliphatic carbocycles. The van der Waals surface area contributed by atoms with Crippen molar-refractivity contribution in [3.63, 3.8) is 0 Å². The third kappa shape index (κ3) is 2.64. The van der Waals surface area contributed by atoms with Crippen LogP contribution < -0.4 is 0 Å². The molecule has 6 nitrogen and oxygen atoms in total. The molecule has 2 aliphatic heterocycles. The second-order valence-electron chi connectivity index (χ2n) is 5.44. The van der Waals surface area contributed by atoms with Gasteiger partial charge in [-0.15, -0.1) is 0 Å². The van der Waals surface area contributed by atoms with Crippen LogP contribution in [0.1, 0.15) is 16.9 Å². The fourth-order valence-corrected chi connectivity index (χ4v) is 2.94. The van der Waals surface area contributed by atoms with Crippen LogP contribution in [0.4, 0.5) is 0 Å². The molecule has 1 aromatic rings. The second-order valence-corrected chi connectivity index (χ2v) is 5.44. The number of aromatic amines is 1. The largest absolute Gasteiger partial charge is 0.375 e. The van der Waals surface area contributed by atoms with Crippen LogP contribution in [-0.2, 0) is 4.74 Å². The maximum atomic E-state index is 12.3. The summed E-state index contributed by atoms with van der Waals surface area (Å²) in [5, 5.41) is 6.57. The summed E-state index contributed by atoms with van der Waals surface area (Å²) in [4.78, 5) is 16.5. The van der Waals surface area contributed by atoms with E-state index in [9.17, 15) is 4.79 Å². The van der Waals surface area contributed by atoms with Crippen molar-refractivity contribution in [3.8, 4) is 0 Å². The minimum Gasteiger partial charge on any atom is -0.375 e. The molecule has 2 atom stereocenters. The van der Waals surface area contributed by atoms with Crippen molar-refractivity contribution in [3.05, 3.63) is 18.0 Å². The highest BCUT2D eigenvalue weighted by atomic mass is 16.5. The molecule has 1 N–H and O–H groups in total. The topological polar surface area (TPSA) is 61.5 Å². The Morgan fingerprint density at radius 3 is 3.16 bits per heavy atom. The predicted octanol–water partition coefficient (Wildman–Crippen LogP) is 0.202. The van der Waals surface area contributed by atoms with E-state index in [-0.39, 0.29) is 12.0 Å². The van der Waals surface area contributed by atoms with Gasteiger partial charge >= 0.3 is 0 Å². The van der Waals surface area contributed by atoms with Gasteiger partial charge in [-0.3, -0.25) is 9.89 Å². The molecule has 0 radical (unpaired) electrons. The van der Waals surface area contributed by atoms with Gasteiger partial charge in [0, 0.05) is 38.3 Å². The van der Waals surface area contributed by atoms with Crippen molar-refractivity contribution >= 4 is 5.91 Å². The van der Waals surface area contributed by atoms with E-state index in [0.717, 1.165) is 32.7 Å². The third-order valence-corrected chi connectivity index (χ3v) is 4.07. The highest BCUT2D eigenvalue weighted by molar-refractivity contribution is 5.92. The number of amides is 1. The van der Waals surface area contributed by atoms with Crippen LogP contribution in [0.3, 0.4) is 0 Å². The molecule has 0 spiro atoms. The van der Waals surface area contributed by atoms with E-state index in [0.29, 0.717) is 18.2 Å². The smallest absolute Gasteiger partial charge is 0.271 e. The Kier molecular flexibility index (Phi) is 3.52. The van der Waals surface area contributed by atoms with Crippen LogP contribution in [0.15, 0.2) is 12.3 Å². The van der Waals surface area contributed by atoms with Gasteiger partial charge in [0.25, 0.3) is 5.91 Å². The van der Waals surface area contributed by atoms with Gasteiger partial charge in [-0.1, -0.05) is 0 Å². The van der Waals surface area contributed by atoms with Crippen LogP contribution in [0, 0.1) is 5.92 Å². The lowest BCUT2D eigenvalue weighted by Gasteiger charge is -2.37. The van der Waals surface area contributed by atoms with Crippen molar-refractivity contribution in [2.24, 2.45) is 5.92 Å². The Morgan fingerprint density at radius 1 is 1.47 bits per heavy atom. The lowest BCUT2D eigenvalue weighted by Crippen LogP contribution is -2.49. The number of nitrogens with zero attached hydrogens (tertiary/aromatic N) is 3. The van der Waals surface area contributed by atoms with Gasteiger partial charge in [0.1, 0.15) is 5.69 Å². The molecular weight excluding hydrogens is 244 g/mol. The van der Waals surface area contributed by atoms with Crippen molar-refractivity contribution in [2.75, 3.05) is 39.8 Å². The van der Waals surface area contributed by atoms with Crippen LogP contribution in [-0.4, -0.2) is 71.8 Å². The number of nitrogens with one attached hydrogen (secondary N) is 1. The number of aromatic nitrogens is 2. The predicted molar refractivity (Wildman–Crippen MR) is 69.8 cm³/mol. The Hall–Kier alpha value is -1.40. The summed E-state index contributed by atoms with van der Waals surface area (Å²) in [6.45, 7) is 4.29. The standard InChI is InChI=1S/C13H20N4O2/c1-16-6-7-19-12-9-17(5-3-10(12)8-16)13(18)11-2-4-14-15-11/h2,4,10,12H,3,5-9H2,1H3,(H,14,15)/t10-,12-/m1/s1. The van der Waals surface area contributed by atoms with Gasteiger partial charge < -0.3 is 14.5 Å². The lowest BCUT2D eigenvalue weighted by molar-refractivity contribution is -0.0172. The SMILES string of the molecule is CN1CCO[C@@H]2CN(C(=O)c3ccn[nH]3)CC[C@@H]2C1. The van der Waals surface area contributed by atoms with E-state index in [1.807, 2.05) is 4.90 Å². The molecule has 0 aromatic carbocycles. The molecule has 0 unspecified atom stereocenters. The fourth-order valence-electron chi connectivity index (χ4n) is 2.94. The van der Waals surface area contributed by atoms with E-state index in [4.69, 9.17) is 4.74 Å². The highest BCUT2D eigenvalue weighted by Gasteiger charge is 2.34. The maximum absolute atomic E-state index is 12.3. The number of likely N-dealkylation sites (N-methyl/N-ethyl adjacent to an activating group) is 1. The van der Waals surface area contributed by atoms with Crippen molar-refractivity contribution in [1.82, 2.24) is 20.0 Å². The molecule has 1 aromatic heterocycles. The highest BCUT2D eigenvalue weighted by Crippen LogP contribution is 2.24. The summed E-state index contributed by atoms with van der Waals surface area (Å²) >= 11 is 0. The van der Waals surface area contributed by atoms with Gasteiger partial charge in [-0.05, 0) is 19.5 Å². The number of H-pyrrole nitrogens is 1. The van der Waals surface area contributed by atoms with Crippen LogP contribution in [0.25, 0.3) is 0 Å². The van der Waals surface area contributed by atoms with E-state index in [1.165, 1.54) is 0 Å². The molecule has 19 heavy (non-hydrogen) atoms. The number of fused-ring (bicyclic) bond motifs is 1. The number of piperidine rings is 1. The van der Waals surface area contributed by atoms with Crippen LogP contribution in [0.2, 0.25) is 0 Å². The molecule has 2 fully saturated rings. The van der Waals surface area contributed by atoms with Gasteiger partial charge in [0.2, 0.25) is 0 Å². The van der Waals surface area contributed by atoms with Crippen molar-refractivity contribution < 1.29 is 9.53 Å². The van der Waals surface area contributed by atoms with Crippen molar-refractivity contribution in [1.29, 1.82) is 0 Å². The van der Waals surface area contributed by atoms with Gasteiger partial charge in [0.15, 0.2) is 0 Å². The Bertz CT molecular complexity index is 434. The zero-order chi connectivity index (χ0) is 13.2. The number of likely N-dealkylation sites (tertiary alicyclic amines) is 1. The normalized spacial score (nSPS) is 28.8. The first-order chi connectivity index (χ1) is 9.24. The van der Waals surface area contributed by atoms with Crippen LogP contribution in [0.5, 0.6) is 0 Å². The number of carbonyl (C=O) groups is 1. The molecule has 1 amide bonds. The quantitative estimate of drug-likeness (QED) is 0.787. The van der Waals surface area contributed by atoms with E-state index in [2.05, 4.69) is 22.1 Å². The fraction of sp³-hybridized carbons (Fsp3) is 0.692. The first kappa shape index (κ1) is 12.6. The summed E-state index contributed by atoms with van der Waals surface area (Å²) in [7, 11) is 2.13. The average Bonchev–Trinajstić information content (AvgIpc) is 2.87. The average molecular weight is 264 g/mol. The number of rotatable bonds is 1. The molecule has 104 valence electrons. The van der Waals surface area contributed by atoms with Crippen LogP contribution >= 0.6 is 0 Å². The molecule has 0 bridgehead atoms. The molecule has 2 aliphatic rings. The summed E-state index contributed by atoms with van der Waals surface area (Å²) < 4.78 is 5.91. The third-order valence-electron chi connectivity index (χ3n) is 4.07.